The van der Waals surface area contributed by atoms with Gasteiger partial charge in [0.15, 0.2) is 0 Å². The summed E-state index contributed by atoms with van der Waals surface area (Å²) in [6, 6.07) is 6.38. The van der Waals surface area contributed by atoms with Crippen LogP contribution in [0.3, 0.4) is 0 Å². The van der Waals surface area contributed by atoms with Crippen molar-refractivity contribution in [3.8, 4) is 0 Å². The summed E-state index contributed by atoms with van der Waals surface area (Å²) in [4.78, 5) is 0. The average Bonchev–Trinajstić information content (AvgIpc) is 2.07. The third-order valence-corrected chi connectivity index (χ3v) is 2.58. The molecule has 0 spiro atoms. The van der Waals surface area contributed by atoms with E-state index in [0.29, 0.717) is 0 Å². The fraction of sp³-hybridized carbons (Fsp3) is 0.455. The lowest BCUT2D eigenvalue weighted by Crippen LogP contribution is -2.08. The van der Waals surface area contributed by atoms with E-state index in [0.717, 1.165) is 24.8 Å². The zero-order chi connectivity index (χ0) is 8.55. The third-order valence-electron chi connectivity index (χ3n) is 2.58. The van der Waals surface area contributed by atoms with Crippen LogP contribution in [0.2, 0.25) is 0 Å². The molecule has 0 amide bonds. The number of aliphatic hydroxyl groups is 1. The van der Waals surface area contributed by atoms with Crippen molar-refractivity contribution < 1.29 is 5.11 Å². The molecule has 0 radical (unpaired) electrons. The highest BCUT2D eigenvalue weighted by Crippen LogP contribution is 2.29. The minimum absolute atomic E-state index is 0.214. The zero-order valence-corrected chi connectivity index (χ0v) is 7.38. The maximum atomic E-state index is 9.69. The van der Waals surface area contributed by atoms with Crippen molar-refractivity contribution in [1.29, 1.82) is 0 Å². The Bertz CT molecular complexity index is 291. The number of aliphatic hydroxyl groups excluding tert-OH is 1. The highest BCUT2D eigenvalue weighted by molar-refractivity contribution is 5.34. The molecule has 0 saturated carbocycles. The van der Waals surface area contributed by atoms with Gasteiger partial charge in [0, 0.05) is 0 Å². The van der Waals surface area contributed by atoms with E-state index in [4.69, 9.17) is 0 Å². The molecule has 1 aromatic rings. The van der Waals surface area contributed by atoms with Gasteiger partial charge in [0.05, 0.1) is 6.10 Å². The van der Waals surface area contributed by atoms with E-state index in [9.17, 15) is 5.11 Å². The van der Waals surface area contributed by atoms with Gasteiger partial charge in [0.25, 0.3) is 0 Å². The number of aryl methyl sites for hydroxylation is 2. The van der Waals surface area contributed by atoms with Crippen LogP contribution in [0.1, 0.15) is 35.6 Å². The van der Waals surface area contributed by atoms with Crippen LogP contribution in [0.5, 0.6) is 0 Å². The summed E-state index contributed by atoms with van der Waals surface area (Å²) in [6.45, 7) is 2.07. The summed E-state index contributed by atoms with van der Waals surface area (Å²) in [6.07, 6.45) is 2.97. The van der Waals surface area contributed by atoms with E-state index in [1.54, 1.807) is 0 Å². The van der Waals surface area contributed by atoms with E-state index in [2.05, 4.69) is 25.1 Å². The molecule has 1 aliphatic carbocycles. The molecule has 1 N–H and O–H groups in total. The Morgan fingerprint density at radius 2 is 2.25 bits per heavy atom. The predicted octanol–water partition coefficient (Wildman–Crippen LogP) is 2.36. The van der Waals surface area contributed by atoms with Gasteiger partial charge >= 0.3 is 0 Å². The molecule has 0 heterocycles. The number of rotatable bonds is 0. The SMILES string of the molecule is Cc1ccc2c(c1)C(O)CCC2. The monoisotopic (exact) mass is 162 g/mol. The number of benzene rings is 1. The molecule has 0 bridgehead atoms. The maximum Gasteiger partial charge on any atom is 0.0792 e. The third kappa shape index (κ3) is 1.25. The Morgan fingerprint density at radius 3 is 3.08 bits per heavy atom. The molecule has 2 rings (SSSR count). The zero-order valence-electron chi connectivity index (χ0n) is 7.38. The van der Waals surface area contributed by atoms with Crippen LogP contribution in [-0.4, -0.2) is 5.11 Å². The minimum atomic E-state index is -0.214. The van der Waals surface area contributed by atoms with Crippen molar-refractivity contribution in [2.24, 2.45) is 0 Å². The lowest BCUT2D eigenvalue weighted by Gasteiger charge is -2.21. The van der Waals surface area contributed by atoms with Crippen LogP contribution >= 0.6 is 0 Å². The summed E-state index contributed by atoms with van der Waals surface area (Å²) in [7, 11) is 0. The first-order chi connectivity index (χ1) is 5.77. The summed E-state index contributed by atoms with van der Waals surface area (Å²) < 4.78 is 0. The van der Waals surface area contributed by atoms with Crippen LogP contribution in [0.15, 0.2) is 18.2 Å². The maximum absolute atomic E-state index is 9.69. The second-order valence-corrected chi connectivity index (χ2v) is 3.61. The lowest BCUT2D eigenvalue weighted by molar-refractivity contribution is 0.156. The normalized spacial score (nSPS) is 22.0. The molecule has 0 saturated heterocycles. The van der Waals surface area contributed by atoms with Crippen LogP contribution < -0.4 is 0 Å². The van der Waals surface area contributed by atoms with Crippen molar-refractivity contribution in [1.82, 2.24) is 0 Å². The van der Waals surface area contributed by atoms with Gasteiger partial charge in [0.2, 0.25) is 0 Å². The number of hydrogen-bond donors (Lipinski definition) is 1. The van der Waals surface area contributed by atoms with Crippen molar-refractivity contribution in [2.45, 2.75) is 32.3 Å². The van der Waals surface area contributed by atoms with Crippen molar-refractivity contribution in [3.05, 3.63) is 34.9 Å². The molecule has 1 atom stereocenters. The Balaban J connectivity index is 2.47. The van der Waals surface area contributed by atoms with Gasteiger partial charge in [-0.2, -0.15) is 0 Å². The average molecular weight is 162 g/mol. The summed E-state index contributed by atoms with van der Waals surface area (Å²) in [5, 5.41) is 9.69. The molecule has 1 unspecified atom stereocenters. The van der Waals surface area contributed by atoms with Gasteiger partial charge < -0.3 is 5.11 Å². The minimum Gasteiger partial charge on any atom is -0.388 e. The first-order valence-electron chi connectivity index (χ1n) is 4.55. The van der Waals surface area contributed by atoms with Crippen molar-refractivity contribution in [3.63, 3.8) is 0 Å². The van der Waals surface area contributed by atoms with E-state index in [1.165, 1.54) is 11.1 Å². The van der Waals surface area contributed by atoms with Gasteiger partial charge in [0.1, 0.15) is 0 Å². The van der Waals surface area contributed by atoms with Gasteiger partial charge in [-0.25, -0.2) is 0 Å². The first kappa shape index (κ1) is 7.81. The molecule has 0 aliphatic heterocycles. The Kier molecular flexibility index (Phi) is 1.89. The van der Waals surface area contributed by atoms with Crippen molar-refractivity contribution >= 4 is 0 Å². The van der Waals surface area contributed by atoms with Crippen LogP contribution in [0, 0.1) is 6.92 Å². The van der Waals surface area contributed by atoms with Gasteiger partial charge in [-0.3, -0.25) is 0 Å². The predicted molar refractivity (Wildman–Crippen MR) is 49.1 cm³/mol. The smallest absolute Gasteiger partial charge is 0.0792 e. The van der Waals surface area contributed by atoms with E-state index >= 15 is 0 Å². The summed E-state index contributed by atoms with van der Waals surface area (Å²) in [5.41, 5.74) is 3.73. The second kappa shape index (κ2) is 2.91. The first-order valence-corrected chi connectivity index (χ1v) is 4.55. The molecule has 1 nitrogen and oxygen atoms in total. The van der Waals surface area contributed by atoms with E-state index < -0.39 is 0 Å². The lowest BCUT2D eigenvalue weighted by atomic mass is 9.88. The highest BCUT2D eigenvalue weighted by Gasteiger charge is 2.16. The number of fused-ring (bicyclic) bond motifs is 1. The molecule has 1 heteroatoms. The van der Waals surface area contributed by atoms with Crippen LogP contribution in [-0.2, 0) is 6.42 Å². The molecule has 0 fully saturated rings. The molecule has 12 heavy (non-hydrogen) atoms. The Labute approximate surface area is 73.0 Å². The van der Waals surface area contributed by atoms with Crippen LogP contribution in [0.25, 0.3) is 0 Å². The summed E-state index contributed by atoms with van der Waals surface area (Å²) in [5.74, 6) is 0. The molecule has 0 aromatic heterocycles. The fourth-order valence-electron chi connectivity index (χ4n) is 1.89. The molecule has 64 valence electrons. The Morgan fingerprint density at radius 1 is 1.42 bits per heavy atom. The second-order valence-electron chi connectivity index (χ2n) is 3.61. The topological polar surface area (TPSA) is 20.2 Å². The quantitative estimate of drug-likeness (QED) is 0.621. The van der Waals surface area contributed by atoms with Crippen molar-refractivity contribution in [2.75, 3.05) is 0 Å². The van der Waals surface area contributed by atoms with Gasteiger partial charge in [-0.15, -0.1) is 0 Å². The molecular weight excluding hydrogens is 148 g/mol. The van der Waals surface area contributed by atoms with Crippen LogP contribution in [0.4, 0.5) is 0 Å². The van der Waals surface area contributed by atoms with E-state index in [-0.39, 0.29) is 6.10 Å². The fourth-order valence-corrected chi connectivity index (χ4v) is 1.89. The Hall–Kier alpha value is -0.820. The molecular formula is C11H14O. The highest BCUT2D eigenvalue weighted by atomic mass is 16.3. The summed E-state index contributed by atoms with van der Waals surface area (Å²) >= 11 is 0. The number of hydrogen-bond acceptors (Lipinski definition) is 1. The largest absolute Gasteiger partial charge is 0.388 e. The van der Waals surface area contributed by atoms with E-state index in [1.807, 2.05) is 0 Å². The molecule has 1 aromatic carbocycles. The van der Waals surface area contributed by atoms with Gasteiger partial charge in [-0.1, -0.05) is 23.8 Å². The van der Waals surface area contributed by atoms with Gasteiger partial charge in [-0.05, 0) is 37.3 Å². The standard InChI is InChI=1S/C11H14O/c1-8-5-6-9-3-2-4-11(12)10(9)7-8/h5-7,11-12H,2-4H2,1H3. The molecule has 1 aliphatic rings.